The van der Waals surface area contributed by atoms with E-state index < -0.39 is 5.91 Å². The summed E-state index contributed by atoms with van der Waals surface area (Å²) in [6.45, 7) is 2.18. The van der Waals surface area contributed by atoms with Gasteiger partial charge in [-0.05, 0) is 25.7 Å². The van der Waals surface area contributed by atoms with Gasteiger partial charge in [0.2, 0.25) is 0 Å². The molecule has 0 radical (unpaired) electrons. The Kier molecular flexibility index (Phi) is 3.43. The molecule has 0 spiro atoms. The van der Waals surface area contributed by atoms with Gasteiger partial charge in [-0.1, -0.05) is 24.2 Å². The zero-order valence-corrected chi connectivity index (χ0v) is 10.2. The molecule has 1 atom stereocenters. The summed E-state index contributed by atoms with van der Waals surface area (Å²) in [5.74, 6) is 0.333. The number of anilines is 1. The van der Waals surface area contributed by atoms with Crippen LogP contribution in [0.3, 0.4) is 0 Å². The number of aromatic nitrogens is 1. The summed E-state index contributed by atoms with van der Waals surface area (Å²) in [7, 11) is 0. The molecule has 1 aliphatic rings. The number of amides is 1. The summed E-state index contributed by atoms with van der Waals surface area (Å²) in [5, 5.41) is 4.16. The first-order valence-electron chi connectivity index (χ1n) is 5.69. The Balaban J connectivity index is 1.94. The lowest BCUT2D eigenvalue weighted by Crippen LogP contribution is -2.23. The van der Waals surface area contributed by atoms with Crippen molar-refractivity contribution in [3.63, 3.8) is 0 Å². The van der Waals surface area contributed by atoms with Crippen molar-refractivity contribution in [3.05, 3.63) is 11.1 Å². The predicted molar refractivity (Wildman–Crippen MR) is 65.7 cm³/mol. The van der Waals surface area contributed by atoms with Crippen LogP contribution in [0.25, 0.3) is 0 Å². The molecular weight excluding hydrogens is 222 g/mol. The van der Waals surface area contributed by atoms with Gasteiger partial charge in [0.25, 0.3) is 5.91 Å². The molecule has 1 aromatic heterocycles. The third kappa shape index (κ3) is 2.52. The Morgan fingerprint density at radius 1 is 1.62 bits per heavy atom. The summed E-state index contributed by atoms with van der Waals surface area (Å²) < 4.78 is 0. The highest BCUT2D eigenvalue weighted by Crippen LogP contribution is 2.30. The largest absolute Gasteiger partial charge is 0.365 e. The average molecular weight is 239 g/mol. The van der Waals surface area contributed by atoms with Crippen LogP contribution in [0.15, 0.2) is 6.20 Å². The minimum absolute atomic E-state index is 0.404. The van der Waals surface area contributed by atoms with Crippen molar-refractivity contribution in [3.8, 4) is 0 Å². The van der Waals surface area contributed by atoms with Gasteiger partial charge in [0.1, 0.15) is 4.88 Å². The number of nitrogens with zero attached hydrogens (tertiary/aromatic N) is 1. The van der Waals surface area contributed by atoms with Crippen molar-refractivity contribution < 1.29 is 4.79 Å². The SMILES string of the molecule is CC(Nc1ncc(C(N)=O)s1)C1CCCC1. The number of carbonyl (C=O) groups is 1. The minimum Gasteiger partial charge on any atom is -0.365 e. The Labute approximate surface area is 99.3 Å². The van der Waals surface area contributed by atoms with Gasteiger partial charge in [0, 0.05) is 6.04 Å². The third-order valence-corrected chi connectivity index (χ3v) is 4.15. The van der Waals surface area contributed by atoms with Gasteiger partial charge in [-0.3, -0.25) is 4.79 Å². The Hall–Kier alpha value is -1.10. The summed E-state index contributed by atoms with van der Waals surface area (Å²) >= 11 is 1.33. The molecule has 1 amide bonds. The van der Waals surface area contributed by atoms with Crippen LogP contribution in [0.4, 0.5) is 5.13 Å². The summed E-state index contributed by atoms with van der Waals surface area (Å²) in [6, 6.07) is 0.425. The van der Waals surface area contributed by atoms with Gasteiger partial charge in [-0.2, -0.15) is 0 Å². The van der Waals surface area contributed by atoms with E-state index in [1.165, 1.54) is 43.2 Å². The van der Waals surface area contributed by atoms with Crippen LogP contribution in [-0.4, -0.2) is 16.9 Å². The fraction of sp³-hybridized carbons (Fsp3) is 0.636. The maximum absolute atomic E-state index is 10.9. The molecule has 5 heteroatoms. The topological polar surface area (TPSA) is 68.0 Å². The molecule has 4 nitrogen and oxygen atoms in total. The molecule has 1 saturated carbocycles. The second-order valence-corrected chi connectivity index (χ2v) is 5.40. The highest BCUT2D eigenvalue weighted by atomic mass is 32.1. The first kappa shape index (κ1) is 11.4. The summed E-state index contributed by atoms with van der Waals surface area (Å²) in [4.78, 5) is 15.6. The van der Waals surface area contributed by atoms with E-state index in [4.69, 9.17) is 5.73 Å². The van der Waals surface area contributed by atoms with E-state index in [2.05, 4.69) is 17.2 Å². The van der Waals surface area contributed by atoms with Crippen LogP contribution in [0.5, 0.6) is 0 Å². The van der Waals surface area contributed by atoms with Gasteiger partial charge in [-0.15, -0.1) is 0 Å². The number of hydrogen-bond acceptors (Lipinski definition) is 4. The molecule has 16 heavy (non-hydrogen) atoms. The van der Waals surface area contributed by atoms with Gasteiger partial charge in [0.15, 0.2) is 5.13 Å². The molecule has 0 saturated heterocycles. The van der Waals surface area contributed by atoms with Crippen molar-refractivity contribution in [1.82, 2.24) is 4.98 Å². The fourth-order valence-electron chi connectivity index (χ4n) is 2.22. The Bertz CT molecular complexity index is 371. The fourth-order valence-corrected chi connectivity index (χ4v) is 2.99. The second kappa shape index (κ2) is 4.82. The van der Waals surface area contributed by atoms with E-state index in [1.807, 2.05) is 0 Å². The molecule has 1 aromatic rings. The number of primary amides is 1. The second-order valence-electron chi connectivity index (χ2n) is 4.37. The molecule has 1 aliphatic carbocycles. The molecule has 1 heterocycles. The average Bonchev–Trinajstić information content (AvgIpc) is 2.87. The lowest BCUT2D eigenvalue weighted by Gasteiger charge is -2.19. The summed E-state index contributed by atoms with van der Waals surface area (Å²) in [5.41, 5.74) is 5.18. The van der Waals surface area contributed by atoms with Gasteiger partial charge in [0.05, 0.1) is 6.20 Å². The van der Waals surface area contributed by atoms with Crippen LogP contribution in [-0.2, 0) is 0 Å². The highest BCUT2D eigenvalue weighted by Gasteiger charge is 2.22. The highest BCUT2D eigenvalue weighted by molar-refractivity contribution is 7.17. The smallest absolute Gasteiger partial charge is 0.260 e. The molecule has 1 fully saturated rings. The van der Waals surface area contributed by atoms with Gasteiger partial charge < -0.3 is 11.1 Å². The van der Waals surface area contributed by atoms with Gasteiger partial charge >= 0.3 is 0 Å². The van der Waals surface area contributed by atoms with Gasteiger partial charge in [-0.25, -0.2) is 4.98 Å². The molecule has 0 aliphatic heterocycles. The number of nitrogens with one attached hydrogen (secondary N) is 1. The van der Waals surface area contributed by atoms with Crippen molar-refractivity contribution in [2.75, 3.05) is 5.32 Å². The molecule has 2 rings (SSSR count). The lowest BCUT2D eigenvalue weighted by molar-refractivity contribution is 0.100. The van der Waals surface area contributed by atoms with Crippen molar-refractivity contribution in [1.29, 1.82) is 0 Å². The molecule has 88 valence electrons. The predicted octanol–water partition coefficient (Wildman–Crippen LogP) is 2.23. The van der Waals surface area contributed by atoms with Crippen LogP contribution in [0.1, 0.15) is 42.3 Å². The molecule has 0 bridgehead atoms. The van der Waals surface area contributed by atoms with Crippen LogP contribution < -0.4 is 11.1 Å². The number of hydrogen-bond donors (Lipinski definition) is 2. The van der Waals surface area contributed by atoms with Crippen LogP contribution in [0, 0.1) is 5.92 Å². The number of carbonyl (C=O) groups excluding carboxylic acids is 1. The molecule has 3 N–H and O–H groups in total. The normalized spacial score (nSPS) is 18.6. The van der Waals surface area contributed by atoms with Crippen molar-refractivity contribution >= 4 is 22.4 Å². The first-order valence-corrected chi connectivity index (χ1v) is 6.50. The van der Waals surface area contributed by atoms with E-state index in [0.29, 0.717) is 10.9 Å². The molecule has 0 aromatic carbocycles. The molecular formula is C11H17N3OS. The maximum Gasteiger partial charge on any atom is 0.260 e. The zero-order valence-electron chi connectivity index (χ0n) is 9.40. The number of rotatable bonds is 4. The standard InChI is InChI=1S/C11H17N3OS/c1-7(8-4-2-3-5-8)14-11-13-6-9(16-11)10(12)15/h6-8H,2-5H2,1H3,(H2,12,15)(H,13,14). The van der Waals surface area contributed by atoms with Crippen LogP contribution >= 0.6 is 11.3 Å². The first-order chi connectivity index (χ1) is 7.66. The molecule has 1 unspecified atom stereocenters. The lowest BCUT2D eigenvalue weighted by atomic mass is 10.0. The van der Waals surface area contributed by atoms with E-state index >= 15 is 0 Å². The summed E-state index contributed by atoms with van der Waals surface area (Å²) in [6.07, 6.45) is 6.79. The zero-order chi connectivity index (χ0) is 11.5. The van der Waals surface area contributed by atoms with Crippen molar-refractivity contribution in [2.24, 2.45) is 11.7 Å². The quantitative estimate of drug-likeness (QED) is 0.846. The van der Waals surface area contributed by atoms with E-state index in [9.17, 15) is 4.79 Å². The van der Waals surface area contributed by atoms with E-state index in [1.54, 1.807) is 0 Å². The Morgan fingerprint density at radius 3 is 2.88 bits per heavy atom. The number of nitrogens with two attached hydrogens (primary N) is 1. The van der Waals surface area contributed by atoms with Crippen molar-refractivity contribution in [2.45, 2.75) is 38.6 Å². The number of thiazole rings is 1. The minimum atomic E-state index is -0.404. The Morgan fingerprint density at radius 2 is 2.31 bits per heavy atom. The van der Waals surface area contributed by atoms with E-state index in [-0.39, 0.29) is 0 Å². The third-order valence-electron chi connectivity index (χ3n) is 3.21. The van der Waals surface area contributed by atoms with E-state index in [0.717, 1.165) is 11.0 Å². The maximum atomic E-state index is 10.9. The van der Waals surface area contributed by atoms with Crippen LogP contribution in [0.2, 0.25) is 0 Å². The monoisotopic (exact) mass is 239 g/mol.